The van der Waals surface area contributed by atoms with E-state index in [9.17, 15) is 19.2 Å². The molecule has 134 valence electrons. The van der Waals surface area contributed by atoms with E-state index < -0.39 is 17.7 Å². The van der Waals surface area contributed by atoms with Crippen molar-refractivity contribution in [2.75, 3.05) is 12.8 Å². The number of methoxy groups -OCH3 is 1. The highest BCUT2D eigenvalue weighted by atomic mass is 35.5. The first-order valence-electron chi connectivity index (χ1n) is 7.11. The Morgan fingerprint density at radius 2 is 2.04 bits per heavy atom. The number of ketones is 1. The molecule has 0 aliphatic rings. The summed E-state index contributed by atoms with van der Waals surface area (Å²) in [6.07, 6.45) is -1.03. The van der Waals surface area contributed by atoms with Crippen molar-refractivity contribution >= 4 is 29.2 Å². The smallest absolute Gasteiger partial charge is 0.404 e. The van der Waals surface area contributed by atoms with Gasteiger partial charge < -0.3 is 20.9 Å². The van der Waals surface area contributed by atoms with Crippen LogP contribution in [0.25, 0.3) is 0 Å². The van der Waals surface area contributed by atoms with Crippen molar-refractivity contribution in [3.8, 4) is 11.8 Å². The van der Waals surface area contributed by atoms with Gasteiger partial charge in [0.2, 0.25) is 0 Å². The first-order valence-corrected chi connectivity index (χ1v) is 7.49. The maximum Gasteiger partial charge on any atom is 0.404 e. The number of nitrogens with zero attached hydrogens (tertiary/aromatic N) is 1. The lowest BCUT2D eigenvalue weighted by Crippen LogP contribution is -2.15. The van der Waals surface area contributed by atoms with Crippen LogP contribution >= 0.6 is 11.6 Å². The first kappa shape index (κ1) is 19.0. The van der Waals surface area contributed by atoms with E-state index in [1.807, 2.05) is 6.07 Å². The SMILES string of the molecule is COc1c(COC(N)=O)cc(N)c(C(=O)c2cc(F)ccc2Cl)c1C#N. The third-order valence-corrected chi connectivity index (χ3v) is 3.80. The number of carbonyl (C=O) groups is 2. The van der Waals surface area contributed by atoms with Crippen LogP contribution < -0.4 is 16.2 Å². The fourth-order valence-electron chi connectivity index (χ4n) is 2.39. The van der Waals surface area contributed by atoms with Crippen LogP contribution in [0.3, 0.4) is 0 Å². The Bertz CT molecular complexity index is 941. The van der Waals surface area contributed by atoms with Crippen LogP contribution in [0.5, 0.6) is 5.75 Å². The third kappa shape index (κ3) is 3.68. The van der Waals surface area contributed by atoms with E-state index in [0.717, 1.165) is 12.1 Å². The van der Waals surface area contributed by atoms with Crippen LogP contribution in [0.2, 0.25) is 5.02 Å². The predicted octanol–water partition coefficient (Wildman–Crippen LogP) is 2.77. The minimum Gasteiger partial charge on any atom is -0.495 e. The van der Waals surface area contributed by atoms with Gasteiger partial charge in [-0.1, -0.05) is 11.6 Å². The molecule has 0 aromatic heterocycles. The van der Waals surface area contributed by atoms with Crippen molar-refractivity contribution in [3.05, 3.63) is 57.4 Å². The topological polar surface area (TPSA) is 128 Å². The quantitative estimate of drug-likeness (QED) is 0.609. The molecule has 0 atom stereocenters. The van der Waals surface area contributed by atoms with E-state index >= 15 is 0 Å². The van der Waals surface area contributed by atoms with E-state index in [-0.39, 0.29) is 45.3 Å². The van der Waals surface area contributed by atoms with Gasteiger partial charge in [-0.2, -0.15) is 5.26 Å². The maximum atomic E-state index is 13.5. The van der Waals surface area contributed by atoms with Gasteiger partial charge in [-0.3, -0.25) is 4.79 Å². The number of ether oxygens (including phenoxy) is 2. The molecular weight excluding hydrogens is 365 g/mol. The van der Waals surface area contributed by atoms with E-state index in [2.05, 4.69) is 4.74 Å². The number of halogens is 2. The van der Waals surface area contributed by atoms with Crippen molar-refractivity contribution in [3.63, 3.8) is 0 Å². The maximum absolute atomic E-state index is 13.5. The van der Waals surface area contributed by atoms with Crippen LogP contribution in [0.4, 0.5) is 14.9 Å². The van der Waals surface area contributed by atoms with Gasteiger partial charge in [-0.25, -0.2) is 9.18 Å². The number of anilines is 1. The summed E-state index contributed by atoms with van der Waals surface area (Å²) in [5, 5.41) is 9.50. The molecule has 9 heteroatoms. The van der Waals surface area contributed by atoms with Gasteiger partial charge in [-0.05, 0) is 24.3 Å². The molecule has 0 radical (unpaired) electrons. The van der Waals surface area contributed by atoms with Crippen LogP contribution in [-0.2, 0) is 11.3 Å². The van der Waals surface area contributed by atoms with Crippen LogP contribution in [0.15, 0.2) is 24.3 Å². The zero-order valence-corrected chi connectivity index (χ0v) is 14.3. The molecule has 0 spiro atoms. The molecule has 2 aromatic carbocycles. The van der Waals surface area contributed by atoms with Gasteiger partial charge in [-0.15, -0.1) is 0 Å². The van der Waals surface area contributed by atoms with E-state index in [1.54, 1.807) is 0 Å². The zero-order valence-electron chi connectivity index (χ0n) is 13.5. The number of carbonyl (C=O) groups excluding carboxylic acids is 2. The summed E-state index contributed by atoms with van der Waals surface area (Å²) in [7, 11) is 1.27. The largest absolute Gasteiger partial charge is 0.495 e. The summed E-state index contributed by atoms with van der Waals surface area (Å²) < 4.78 is 23.3. The second-order valence-electron chi connectivity index (χ2n) is 5.08. The molecule has 0 saturated carbocycles. The van der Waals surface area contributed by atoms with Crippen molar-refractivity contribution in [2.24, 2.45) is 5.73 Å². The zero-order chi connectivity index (χ0) is 19.4. The van der Waals surface area contributed by atoms with Gasteiger partial charge in [0, 0.05) is 16.8 Å². The fourth-order valence-corrected chi connectivity index (χ4v) is 2.59. The minimum absolute atomic E-state index is 0.000190. The highest BCUT2D eigenvalue weighted by Crippen LogP contribution is 2.34. The van der Waals surface area contributed by atoms with E-state index in [4.69, 9.17) is 27.8 Å². The number of amides is 1. The van der Waals surface area contributed by atoms with Gasteiger partial charge in [0.1, 0.15) is 29.8 Å². The Balaban J connectivity index is 2.65. The molecule has 0 bridgehead atoms. The molecule has 2 rings (SSSR count). The van der Waals surface area contributed by atoms with Crippen LogP contribution in [0.1, 0.15) is 27.0 Å². The summed E-state index contributed by atoms with van der Waals surface area (Å²) in [4.78, 5) is 23.6. The molecule has 0 unspecified atom stereocenters. The molecule has 0 saturated heterocycles. The lowest BCUT2D eigenvalue weighted by molar-refractivity contribution is 0.103. The van der Waals surface area contributed by atoms with Crippen LogP contribution in [-0.4, -0.2) is 19.0 Å². The number of nitriles is 1. The molecule has 0 aliphatic carbocycles. The molecule has 0 fully saturated rings. The summed E-state index contributed by atoms with van der Waals surface area (Å²) >= 11 is 5.96. The number of nitrogen functional groups attached to an aromatic ring is 1. The van der Waals surface area contributed by atoms with Crippen molar-refractivity contribution in [2.45, 2.75) is 6.61 Å². The number of nitrogens with two attached hydrogens (primary N) is 2. The molecule has 1 amide bonds. The van der Waals surface area contributed by atoms with Crippen molar-refractivity contribution in [1.82, 2.24) is 0 Å². The molecule has 0 aliphatic heterocycles. The first-order chi connectivity index (χ1) is 12.3. The van der Waals surface area contributed by atoms with Gasteiger partial charge in [0.25, 0.3) is 0 Å². The summed E-state index contributed by atoms with van der Waals surface area (Å²) in [6.45, 7) is -0.313. The summed E-state index contributed by atoms with van der Waals surface area (Å²) in [5.74, 6) is -1.43. The Morgan fingerprint density at radius 1 is 1.35 bits per heavy atom. The highest BCUT2D eigenvalue weighted by molar-refractivity contribution is 6.35. The second-order valence-corrected chi connectivity index (χ2v) is 5.49. The predicted molar refractivity (Wildman–Crippen MR) is 91.3 cm³/mol. The number of hydrogen-bond donors (Lipinski definition) is 2. The summed E-state index contributed by atoms with van der Waals surface area (Å²) in [6, 6.07) is 6.41. The molecule has 2 aromatic rings. The average Bonchev–Trinajstić information content (AvgIpc) is 2.60. The lowest BCUT2D eigenvalue weighted by Gasteiger charge is -2.16. The Hall–Kier alpha value is -3.31. The van der Waals surface area contributed by atoms with Crippen LogP contribution in [0, 0.1) is 17.1 Å². The van der Waals surface area contributed by atoms with Crippen molar-refractivity contribution in [1.29, 1.82) is 5.26 Å². The lowest BCUT2D eigenvalue weighted by atomic mass is 9.94. The number of rotatable bonds is 5. The average molecular weight is 378 g/mol. The monoisotopic (exact) mass is 377 g/mol. The van der Waals surface area contributed by atoms with Crippen molar-refractivity contribution < 1.29 is 23.5 Å². The Labute approximate surface area is 152 Å². The van der Waals surface area contributed by atoms with Gasteiger partial charge >= 0.3 is 6.09 Å². The van der Waals surface area contributed by atoms with Gasteiger partial charge in [0.15, 0.2) is 5.78 Å². The minimum atomic E-state index is -1.03. The van der Waals surface area contributed by atoms with E-state index in [0.29, 0.717) is 0 Å². The number of primary amides is 1. The highest BCUT2D eigenvalue weighted by Gasteiger charge is 2.25. The molecular formula is C17H13ClFN3O4. The Morgan fingerprint density at radius 3 is 2.62 bits per heavy atom. The third-order valence-electron chi connectivity index (χ3n) is 3.47. The van der Waals surface area contributed by atoms with Gasteiger partial charge in [0.05, 0.1) is 17.7 Å². The molecule has 7 nitrogen and oxygen atoms in total. The molecule has 4 N–H and O–H groups in total. The number of hydrogen-bond acceptors (Lipinski definition) is 6. The Kier molecular flexibility index (Phi) is 5.64. The normalized spacial score (nSPS) is 10.1. The van der Waals surface area contributed by atoms with E-state index in [1.165, 1.54) is 19.2 Å². The number of benzene rings is 2. The molecule has 0 heterocycles. The molecule has 26 heavy (non-hydrogen) atoms. The summed E-state index contributed by atoms with van der Waals surface area (Å²) in [5.41, 5.74) is 10.4. The standard InChI is InChI=1S/C17H13ClFN3O4/c1-25-16-8(7-26-17(22)24)4-13(21)14(11(16)6-20)15(23)10-5-9(19)2-3-12(10)18/h2-5H,7,21H2,1H3,(H2,22,24). The fraction of sp³-hybridized carbons (Fsp3) is 0.118. The second kappa shape index (κ2) is 7.72.